The van der Waals surface area contributed by atoms with Crippen LogP contribution in [-0.2, 0) is 9.53 Å². The number of carbonyl (C=O) groups is 2. The number of para-hydroxylation sites is 1. The van der Waals surface area contributed by atoms with Gasteiger partial charge in [-0.1, -0.05) is 29.8 Å². The summed E-state index contributed by atoms with van der Waals surface area (Å²) >= 11 is 6.16. The summed E-state index contributed by atoms with van der Waals surface area (Å²) < 4.78 is 5.09. The van der Waals surface area contributed by atoms with Crippen LogP contribution in [0.3, 0.4) is 0 Å². The normalized spacial score (nSPS) is 10.3. The molecule has 0 fully saturated rings. The van der Waals surface area contributed by atoms with Crippen LogP contribution in [0.15, 0.2) is 36.4 Å². The molecule has 138 valence electrons. The van der Waals surface area contributed by atoms with E-state index in [1.165, 1.54) is 0 Å². The van der Waals surface area contributed by atoms with Gasteiger partial charge in [-0.2, -0.15) is 0 Å². The van der Waals surface area contributed by atoms with Gasteiger partial charge in [0.2, 0.25) is 0 Å². The average Bonchev–Trinajstić information content (AvgIpc) is 2.61. The molecule has 0 aromatic heterocycles. The van der Waals surface area contributed by atoms with Crippen LogP contribution >= 0.6 is 11.6 Å². The van der Waals surface area contributed by atoms with Crippen molar-refractivity contribution in [1.29, 1.82) is 0 Å². The maximum Gasteiger partial charge on any atom is 0.340 e. The topological polar surface area (TPSA) is 87.7 Å². The predicted molar refractivity (Wildman–Crippen MR) is 102 cm³/mol. The quantitative estimate of drug-likeness (QED) is 0.646. The van der Waals surface area contributed by atoms with Crippen molar-refractivity contribution in [2.45, 2.75) is 13.8 Å². The zero-order valence-corrected chi connectivity index (χ0v) is 15.4. The third-order valence-corrected chi connectivity index (χ3v) is 3.90. The number of aryl methyl sites for hydroxylation is 2. The summed E-state index contributed by atoms with van der Waals surface area (Å²) in [6.45, 7) is 3.55. The van der Waals surface area contributed by atoms with Crippen LogP contribution in [0.4, 0.5) is 11.4 Å². The number of carbonyl (C=O) groups excluding carboxylic acids is 2. The summed E-state index contributed by atoms with van der Waals surface area (Å²) in [7, 11) is 0. The Morgan fingerprint density at radius 3 is 2.62 bits per heavy atom. The van der Waals surface area contributed by atoms with Crippen LogP contribution in [0.25, 0.3) is 0 Å². The van der Waals surface area contributed by atoms with Crippen LogP contribution in [-0.4, -0.2) is 36.7 Å². The lowest BCUT2D eigenvalue weighted by Crippen LogP contribution is -2.22. The molecule has 2 aromatic rings. The van der Waals surface area contributed by atoms with E-state index < -0.39 is 18.5 Å². The number of esters is 1. The third kappa shape index (κ3) is 5.21. The molecule has 0 unspecified atom stereocenters. The molecule has 1 amide bonds. The Bertz CT molecular complexity index is 785. The Balaban J connectivity index is 1.99. The maximum absolute atomic E-state index is 12.2. The molecular formula is C19H21ClN2O4. The Morgan fingerprint density at radius 1 is 1.19 bits per heavy atom. The lowest BCUT2D eigenvalue weighted by atomic mass is 10.1. The highest BCUT2D eigenvalue weighted by molar-refractivity contribution is 6.34. The van der Waals surface area contributed by atoms with Crippen LogP contribution in [0.1, 0.15) is 21.5 Å². The van der Waals surface area contributed by atoms with Crippen molar-refractivity contribution in [1.82, 2.24) is 0 Å². The summed E-state index contributed by atoms with van der Waals surface area (Å²) in [5.41, 5.74) is 3.14. The van der Waals surface area contributed by atoms with Gasteiger partial charge in [-0.3, -0.25) is 4.79 Å². The molecule has 0 aliphatic rings. The highest BCUT2D eigenvalue weighted by atomic mass is 35.5. The van der Waals surface area contributed by atoms with Crippen molar-refractivity contribution in [3.63, 3.8) is 0 Å². The molecule has 6 nitrogen and oxygen atoms in total. The minimum absolute atomic E-state index is 0.0670. The minimum atomic E-state index is -0.632. The van der Waals surface area contributed by atoms with Gasteiger partial charge in [0.1, 0.15) is 0 Å². The van der Waals surface area contributed by atoms with E-state index in [0.29, 0.717) is 28.5 Å². The molecule has 26 heavy (non-hydrogen) atoms. The van der Waals surface area contributed by atoms with E-state index in [2.05, 4.69) is 10.6 Å². The summed E-state index contributed by atoms with van der Waals surface area (Å²) in [5, 5.41) is 14.9. The van der Waals surface area contributed by atoms with Gasteiger partial charge in [0.05, 0.1) is 22.9 Å². The monoisotopic (exact) mass is 376 g/mol. The van der Waals surface area contributed by atoms with Crippen molar-refractivity contribution in [3.05, 3.63) is 58.1 Å². The average molecular weight is 377 g/mol. The molecule has 3 N–H and O–H groups in total. The lowest BCUT2D eigenvalue weighted by molar-refractivity contribution is -0.119. The van der Waals surface area contributed by atoms with Gasteiger partial charge in [-0.15, -0.1) is 0 Å². The van der Waals surface area contributed by atoms with Gasteiger partial charge in [0.15, 0.2) is 6.61 Å². The fourth-order valence-corrected chi connectivity index (χ4v) is 2.83. The van der Waals surface area contributed by atoms with Gasteiger partial charge < -0.3 is 20.5 Å². The van der Waals surface area contributed by atoms with Crippen LogP contribution in [0, 0.1) is 13.8 Å². The van der Waals surface area contributed by atoms with E-state index in [1.807, 2.05) is 19.9 Å². The van der Waals surface area contributed by atoms with E-state index >= 15 is 0 Å². The molecule has 0 aliphatic carbocycles. The van der Waals surface area contributed by atoms with Crippen LogP contribution < -0.4 is 10.6 Å². The summed E-state index contributed by atoms with van der Waals surface area (Å²) in [6, 6.07) is 10.4. The third-order valence-electron chi connectivity index (χ3n) is 3.60. The highest BCUT2D eigenvalue weighted by Crippen LogP contribution is 2.27. The van der Waals surface area contributed by atoms with Gasteiger partial charge in [0, 0.05) is 12.2 Å². The molecule has 0 bridgehead atoms. The highest BCUT2D eigenvalue weighted by Gasteiger charge is 2.15. The Hall–Kier alpha value is -2.57. The van der Waals surface area contributed by atoms with E-state index in [-0.39, 0.29) is 6.61 Å². The molecule has 0 radical (unpaired) electrons. The number of anilines is 2. The lowest BCUT2D eigenvalue weighted by Gasteiger charge is -2.13. The van der Waals surface area contributed by atoms with Gasteiger partial charge >= 0.3 is 5.97 Å². The van der Waals surface area contributed by atoms with E-state index in [1.54, 1.807) is 30.3 Å². The maximum atomic E-state index is 12.2. The molecule has 0 saturated heterocycles. The number of hydrogen-bond acceptors (Lipinski definition) is 5. The number of aliphatic hydroxyl groups is 1. The Morgan fingerprint density at radius 2 is 1.92 bits per heavy atom. The second-order valence-corrected chi connectivity index (χ2v) is 6.17. The Labute approximate surface area is 157 Å². The van der Waals surface area contributed by atoms with Gasteiger partial charge in [-0.25, -0.2) is 4.79 Å². The van der Waals surface area contributed by atoms with Crippen molar-refractivity contribution < 1.29 is 19.4 Å². The van der Waals surface area contributed by atoms with Crippen molar-refractivity contribution in [2.75, 3.05) is 30.4 Å². The Kier molecular flexibility index (Phi) is 7.00. The van der Waals surface area contributed by atoms with E-state index in [9.17, 15) is 9.59 Å². The van der Waals surface area contributed by atoms with Crippen molar-refractivity contribution in [2.24, 2.45) is 0 Å². The molecule has 2 aromatic carbocycles. The fourth-order valence-electron chi connectivity index (χ4n) is 2.46. The van der Waals surface area contributed by atoms with Crippen LogP contribution in [0.2, 0.25) is 5.02 Å². The first kappa shape index (κ1) is 19.8. The SMILES string of the molecule is Cc1cc(C)c(NC(=O)COC(=O)c2ccccc2NCCO)c(Cl)c1. The molecule has 0 heterocycles. The summed E-state index contributed by atoms with van der Waals surface area (Å²) in [5.74, 6) is -1.11. The van der Waals surface area contributed by atoms with Gasteiger partial charge in [0.25, 0.3) is 5.91 Å². The number of aliphatic hydroxyl groups excluding tert-OH is 1. The molecule has 0 saturated carbocycles. The van der Waals surface area contributed by atoms with E-state index in [4.69, 9.17) is 21.4 Å². The first-order valence-corrected chi connectivity index (χ1v) is 8.47. The standard InChI is InChI=1S/C19H21ClN2O4/c1-12-9-13(2)18(15(20)10-12)22-17(24)11-26-19(25)14-5-3-4-6-16(14)21-7-8-23/h3-6,9-10,21,23H,7-8,11H2,1-2H3,(H,22,24). The smallest absolute Gasteiger partial charge is 0.340 e. The molecule has 7 heteroatoms. The predicted octanol–water partition coefficient (Wildman–Crippen LogP) is 3.16. The first-order valence-electron chi connectivity index (χ1n) is 8.10. The number of rotatable bonds is 7. The molecule has 2 rings (SSSR count). The number of halogens is 1. The number of hydrogen-bond donors (Lipinski definition) is 3. The summed E-state index contributed by atoms with van der Waals surface area (Å²) in [6.07, 6.45) is 0. The van der Waals surface area contributed by atoms with Crippen LogP contribution in [0.5, 0.6) is 0 Å². The number of benzene rings is 2. The second kappa shape index (κ2) is 9.22. The van der Waals surface area contributed by atoms with Crippen molar-refractivity contribution in [3.8, 4) is 0 Å². The second-order valence-electron chi connectivity index (χ2n) is 5.76. The number of nitrogens with one attached hydrogen (secondary N) is 2. The summed E-state index contributed by atoms with van der Waals surface area (Å²) in [4.78, 5) is 24.3. The largest absolute Gasteiger partial charge is 0.452 e. The fraction of sp³-hybridized carbons (Fsp3) is 0.263. The molecule has 0 atom stereocenters. The molecular weight excluding hydrogens is 356 g/mol. The zero-order valence-electron chi connectivity index (χ0n) is 14.6. The molecule has 0 spiro atoms. The molecule has 0 aliphatic heterocycles. The van der Waals surface area contributed by atoms with E-state index in [0.717, 1.165) is 11.1 Å². The van der Waals surface area contributed by atoms with Crippen molar-refractivity contribution >= 4 is 34.9 Å². The minimum Gasteiger partial charge on any atom is -0.452 e. The number of amides is 1. The van der Waals surface area contributed by atoms with Gasteiger partial charge in [-0.05, 0) is 43.2 Å². The zero-order chi connectivity index (χ0) is 19.1. The number of ether oxygens (including phenoxy) is 1. The first-order chi connectivity index (χ1) is 12.4.